The van der Waals surface area contributed by atoms with Crippen molar-refractivity contribution in [2.24, 2.45) is 9.98 Å². The Hall–Kier alpha value is -2.24. The molecule has 2 aromatic rings. The van der Waals surface area contributed by atoms with Crippen LogP contribution >= 0.6 is 0 Å². The summed E-state index contributed by atoms with van der Waals surface area (Å²) in [6.07, 6.45) is 7.86. The normalized spacial score (nSPS) is 11.9. The van der Waals surface area contributed by atoms with Crippen molar-refractivity contribution in [1.29, 1.82) is 0 Å². The minimum Gasteiger partial charge on any atom is -0.348 e. The van der Waals surface area contributed by atoms with Crippen LogP contribution in [0.5, 0.6) is 0 Å². The van der Waals surface area contributed by atoms with Crippen LogP contribution in [0.1, 0.15) is 29.2 Å². The Kier molecular flexibility index (Phi) is 4.60. The summed E-state index contributed by atoms with van der Waals surface area (Å²) >= 11 is 0. The summed E-state index contributed by atoms with van der Waals surface area (Å²) in [6.45, 7) is 5.46. The van der Waals surface area contributed by atoms with Gasteiger partial charge in [-0.3, -0.25) is 9.98 Å². The minimum absolute atomic E-state index is 0.753. The molecule has 0 bridgehead atoms. The van der Waals surface area contributed by atoms with Crippen molar-refractivity contribution < 1.29 is 0 Å². The van der Waals surface area contributed by atoms with Gasteiger partial charge in [-0.05, 0) is 20.3 Å². The summed E-state index contributed by atoms with van der Waals surface area (Å²) in [6, 6.07) is 0. The van der Waals surface area contributed by atoms with E-state index in [-0.39, 0.29) is 0 Å². The molecule has 2 rings (SSSR count). The average Bonchev–Trinajstić information content (AvgIpc) is 2.98. The van der Waals surface area contributed by atoms with E-state index in [0.717, 1.165) is 42.3 Å². The van der Waals surface area contributed by atoms with Gasteiger partial charge in [-0.15, -0.1) is 0 Å². The van der Waals surface area contributed by atoms with Gasteiger partial charge in [-0.25, -0.2) is 9.97 Å². The van der Waals surface area contributed by atoms with E-state index in [1.165, 1.54) is 0 Å². The number of rotatable bonds is 6. The minimum atomic E-state index is 0.753. The zero-order chi connectivity index (χ0) is 13.5. The highest BCUT2D eigenvalue weighted by Gasteiger charge is 1.96. The lowest BCUT2D eigenvalue weighted by atomic mass is 10.3. The molecule has 0 spiro atoms. The molecule has 0 fully saturated rings. The number of aromatic nitrogens is 4. The summed E-state index contributed by atoms with van der Waals surface area (Å²) in [5.41, 5.74) is 3.87. The van der Waals surface area contributed by atoms with Crippen molar-refractivity contribution >= 4 is 12.4 Å². The highest BCUT2D eigenvalue weighted by molar-refractivity contribution is 5.78. The van der Waals surface area contributed by atoms with Gasteiger partial charge >= 0.3 is 0 Å². The fourth-order valence-corrected chi connectivity index (χ4v) is 1.55. The number of hydrogen-bond acceptors (Lipinski definition) is 4. The smallest absolute Gasteiger partial charge is 0.101 e. The van der Waals surface area contributed by atoms with Crippen LogP contribution in [0, 0.1) is 13.8 Å². The molecule has 0 aromatic carbocycles. The van der Waals surface area contributed by atoms with Gasteiger partial charge in [0.2, 0.25) is 0 Å². The van der Waals surface area contributed by atoms with E-state index >= 15 is 0 Å². The number of H-pyrrole nitrogens is 2. The summed E-state index contributed by atoms with van der Waals surface area (Å²) in [5.74, 6) is 0. The van der Waals surface area contributed by atoms with Crippen LogP contribution in [0.2, 0.25) is 0 Å². The Balaban J connectivity index is 1.68. The second-order valence-electron chi connectivity index (χ2n) is 4.25. The van der Waals surface area contributed by atoms with E-state index in [1.54, 1.807) is 25.1 Å². The van der Waals surface area contributed by atoms with Gasteiger partial charge in [-0.2, -0.15) is 0 Å². The molecule has 0 amide bonds. The van der Waals surface area contributed by atoms with Crippen LogP contribution in [0.4, 0.5) is 0 Å². The highest BCUT2D eigenvalue weighted by Crippen LogP contribution is 1.97. The number of aromatic amines is 2. The molecule has 100 valence electrons. The third kappa shape index (κ3) is 3.87. The number of nitrogens with zero attached hydrogens (tertiary/aromatic N) is 4. The maximum Gasteiger partial charge on any atom is 0.101 e. The monoisotopic (exact) mass is 258 g/mol. The fraction of sp³-hybridized carbons (Fsp3) is 0.385. The van der Waals surface area contributed by atoms with Crippen molar-refractivity contribution in [2.75, 3.05) is 13.1 Å². The summed E-state index contributed by atoms with van der Waals surface area (Å²) < 4.78 is 0. The van der Waals surface area contributed by atoms with Gasteiger partial charge in [0.05, 0.1) is 12.7 Å². The number of aryl methyl sites for hydroxylation is 2. The predicted octanol–water partition coefficient (Wildman–Crippen LogP) is 1.68. The molecule has 0 aliphatic carbocycles. The van der Waals surface area contributed by atoms with Crippen molar-refractivity contribution in [3.05, 3.63) is 35.4 Å². The van der Waals surface area contributed by atoms with Crippen molar-refractivity contribution in [1.82, 2.24) is 19.9 Å². The molecule has 2 N–H and O–H groups in total. The molecular formula is C13H18N6. The molecule has 0 unspecified atom stereocenters. The molecule has 0 saturated carbocycles. The van der Waals surface area contributed by atoms with E-state index in [4.69, 9.17) is 0 Å². The molecule has 19 heavy (non-hydrogen) atoms. The lowest BCUT2D eigenvalue weighted by Crippen LogP contribution is -1.91. The molecule has 0 saturated heterocycles. The first kappa shape index (κ1) is 13.2. The van der Waals surface area contributed by atoms with Crippen LogP contribution in [-0.2, 0) is 0 Å². The first-order chi connectivity index (χ1) is 9.27. The molecule has 6 nitrogen and oxygen atoms in total. The summed E-state index contributed by atoms with van der Waals surface area (Å²) in [5, 5.41) is 0. The number of imidazole rings is 2. The Labute approximate surface area is 112 Å². The second-order valence-corrected chi connectivity index (χ2v) is 4.25. The third-order valence-corrected chi connectivity index (χ3v) is 2.74. The highest BCUT2D eigenvalue weighted by atomic mass is 14.9. The maximum absolute atomic E-state index is 4.32. The van der Waals surface area contributed by atoms with Crippen LogP contribution in [0.15, 0.2) is 22.6 Å². The van der Waals surface area contributed by atoms with Crippen LogP contribution in [0.25, 0.3) is 0 Å². The van der Waals surface area contributed by atoms with E-state index in [9.17, 15) is 0 Å². The predicted molar refractivity (Wildman–Crippen MR) is 76.2 cm³/mol. The number of nitrogens with one attached hydrogen (secondary N) is 2. The lowest BCUT2D eigenvalue weighted by Gasteiger charge is -1.92. The van der Waals surface area contributed by atoms with E-state index in [1.807, 2.05) is 13.8 Å². The lowest BCUT2D eigenvalue weighted by molar-refractivity contribution is 0.850. The van der Waals surface area contributed by atoms with Crippen molar-refractivity contribution in [2.45, 2.75) is 20.3 Å². The summed E-state index contributed by atoms with van der Waals surface area (Å²) in [4.78, 5) is 23.0. The fourth-order valence-electron chi connectivity index (χ4n) is 1.55. The average molecular weight is 258 g/mol. The molecule has 2 heterocycles. The molecule has 0 aliphatic rings. The van der Waals surface area contributed by atoms with Gasteiger partial charge in [-0.1, -0.05) is 0 Å². The SMILES string of the molecule is Cc1[nH]cnc1C=NCCCN=Cc1nc[nH]c1C. The van der Waals surface area contributed by atoms with Crippen LogP contribution in [-0.4, -0.2) is 45.5 Å². The number of hydrogen-bond donors (Lipinski definition) is 2. The van der Waals surface area contributed by atoms with Crippen molar-refractivity contribution in [3.8, 4) is 0 Å². The quantitative estimate of drug-likeness (QED) is 0.610. The molecule has 6 heteroatoms. The molecular weight excluding hydrogens is 240 g/mol. The Morgan fingerprint density at radius 2 is 1.42 bits per heavy atom. The van der Waals surface area contributed by atoms with Gasteiger partial charge in [0, 0.05) is 36.9 Å². The van der Waals surface area contributed by atoms with E-state index < -0.39 is 0 Å². The van der Waals surface area contributed by atoms with Gasteiger partial charge in [0.15, 0.2) is 0 Å². The molecule has 0 radical (unpaired) electrons. The van der Waals surface area contributed by atoms with Crippen LogP contribution in [0.3, 0.4) is 0 Å². The topological polar surface area (TPSA) is 82.1 Å². The van der Waals surface area contributed by atoms with Gasteiger partial charge < -0.3 is 9.97 Å². The zero-order valence-electron chi connectivity index (χ0n) is 11.2. The Bertz CT molecular complexity index is 513. The molecule has 0 atom stereocenters. The van der Waals surface area contributed by atoms with E-state index in [0.29, 0.717) is 0 Å². The zero-order valence-corrected chi connectivity index (χ0v) is 11.2. The van der Waals surface area contributed by atoms with E-state index in [2.05, 4.69) is 29.9 Å². The molecule has 0 aliphatic heterocycles. The first-order valence-electron chi connectivity index (χ1n) is 6.27. The third-order valence-electron chi connectivity index (χ3n) is 2.74. The maximum atomic E-state index is 4.32. The number of aliphatic imine (C=N–C) groups is 2. The standard InChI is InChI=1S/C13H18N6/c1-10-12(18-8-16-10)6-14-4-3-5-15-7-13-11(2)17-9-19-13/h6-9H,3-5H2,1-2H3,(H,16,18)(H,17,19). The van der Waals surface area contributed by atoms with Crippen LogP contribution < -0.4 is 0 Å². The molecule has 2 aromatic heterocycles. The largest absolute Gasteiger partial charge is 0.348 e. The van der Waals surface area contributed by atoms with Gasteiger partial charge in [0.25, 0.3) is 0 Å². The second kappa shape index (κ2) is 6.63. The summed E-state index contributed by atoms with van der Waals surface area (Å²) in [7, 11) is 0. The Morgan fingerprint density at radius 1 is 0.947 bits per heavy atom. The Morgan fingerprint density at radius 3 is 1.79 bits per heavy atom. The van der Waals surface area contributed by atoms with Crippen molar-refractivity contribution in [3.63, 3.8) is 0 Å². The van der Waals surface area contributed by atoms with Gasteiger partial charge in [0.1, 0.15) is 11.4 Å². The first-order valence-corrected chi connectivity index (χ1v) is 6.27.